The zero-order chi connectivity index (χ0) is 10.6. The van der Waals surface area contributed by atoms with Gasteiger partial charge in [0.1, 0.15) is 0 Å². The maximum absolute atomic E-state index is 11.3. The summed E-state index contributed by atoms with van der Waals surface area (Å²) in [6, 6.07) is 5.72. The number of benzene rings is 1. The molecule has 0 bridgehead atoms. The van der Waals surface area contributed by atoms with Crippen molar-refractivity contribution in [2.45, 2.75) is 6.92 Å². The van der Waals surface area contributed by atoms with Gasteiger partial charge in [0.2, 0.25) is 5.91 Å². The molecule has 1 rings (SSSR count). The standard InChI is InChI=1S/C10H13BrN2O/c1-7-8(11)4-3-5-9(7)13-10(14)6-12-2/h3-5,12H,6H2,1-2H3,(H,13,14). The average Bonchev–Trinajstić information content (AvgIpc) is 2.13. The molecule has 0 spiro atoms. The number of carbonyl (C=O) groups is 1. The average molecular weight is 257 g/mol. The monoisotopic (exact) mass is 256 g/mol. The van der Waals surface area contributed by atoms with Crippen molar-refractivity contribution in [1.29, 1.82) is 0 Å². The zero-order valence-electron chi connectivity index (χ0n) is 8.23. The van der Waals surface area contributed by atoms with Crippen molar-refractivity contribution in [3.05, 3.63) is 28.2 Å². The van der Waals surface area contributed by atoms with E-state index in [0.717, 1.165) is 15.7 Å². The molecule has 76 valence electrons. The third-order valence-electron chi connectivity index (χ3n) is 1.88. The highest BCUT2D eigenvalue weighted by Gasteiger charge is 2.04. The summed E-state index contributed by atoms with van der Waals surface area (Å²) in [6.45, 7) is 2.28. The summed E-state index contributed by atoms with van der Waals surface area (Å²) >= 11 is 3.41. The second kappa shape index (κ2) is 5.12. The van der Waals surface area contributed by atoms with Crippen LogP contribution in [-0.4, -0.2) is 19.5 Å². The molecule has 0 aliphatic carbocycles. The Bertz CT molecular complexity index is 339. The first-order valence-electron chi connectivity index (χ1n) is 4.34. The highest BCUT2D eigenvalue weighted by atomic mass is 79.9. The molecule has 0 fully saturated rings. The van der Waals surface area contributed by atoms with Crippen LogP contribution in [0.25, 0.3) is 0 Å². The molecular weight excluding hydrogens is 244 g/mol. The van der Waals surface area contributed by atoms with E-state index in [1.165, 1.54) is 0 Å². The van der Waals surface area contributed by atoms with Crippen LogP contribution < -0.4 is 10.6 Å². The number of likely N-dealkylation sites (N-methyl/N-ethyl adjacent to an activating group) is 1. The van der Waals surface area contributed by atoms with Gasteiger partial charge >= 0.3 is 0 Å². The Labute approximate surface area is 92.0 Å². The molecule has 1 aromatic carbocycles. The molecule has 0 saturated heterocycles. The van der Waals surface area contributed by atoms with Gasteiger partial charge in [0.25, 0.3) is 0 Å². The van der Waals surface area contributed by atoms with E-state index in [1.807, 2.05) is 25.1 Å². The number of carbonyl (C=O) groups excluding carboxylic acids is 1. The number of hydrogen-bond acceptors (Lipinski definition) is 2. The third-order valence-corrected chi connectivity index (χ3v) is 2.74. The van der Waals surface area contributed by atoms with Crippen LogP contribution >= 0.6 is 15.9 Å². The number of amides is 1. The van der Waals surface area contributed by atoms with Gasteiger partial charge in [0.15, 0.2) is 0 Å². The van der Waals surface area contributed by atoms with Gasteiger partial charge in [0.05, 0.1) is 6.54 Å². The molecule has 0 heterocycles. The molecule has 0 aliphatic heterocycles. The fraction of sp³-hybridized carbons (Fsp3) is 0.300. The van der Waals surface area contributed by atoms with E-state index in [0.29, 0.717) is 6.54 Å². The highest BCUT2D eigenvalue weighted by molar-refractivity contribution is 9.10. The summed E-state index contributed by atoms with van der Waals surface area (Å²) in [6.07, 6.45) is 0. The first-order chi connectivity index (χ1) is 6.65. The van der Waals surface area contributed by atoms with Crippen LogP contribution in [0.3, 0.4) is 0 Å². The van der Waals surface area contributed by atoms with Gasteiger partial charge in [-0.15, -0.1) is 0 Å². The Morgan fingerprint density at radius 1 is 1.50 bits per heavy atom. The van der Waals surface area contributed by atoms with Crippen molar-refractivity contribution >= 4 is 27.5 Å². The molecule has 0 aliphatic rings. The van der Waals surface area contributed by atoms with Crippen LogP contribution in [0.1, 0.15) is 5.56 Å². The first kappa shape index (κ1) is 11.2. The van der Waals surface area contributed by atoms with Crippen LogP contribution in [0.4, 0.5) is 5.69 Å². The fourth-order valence-electron chi connectivity index (χ4n) is 1.10. The van der Waals surface area contributed by atoms with Crippen molar-refractivity contribution < 1.29 is 4.79 Å². The van der Waals surface area contributed by atoms with E-state index in [1.54, 1.807) is 7.05 Å². The maximum Gasteiger partial charge on any atom is 0.238 e. The number of anilines is 1. The van der Waals surface area contributed by atoms with Crippen molar-refractivity contribution in [2.24, 2.45) is 0 Å². The molecule has 3 nitrogen and oxygen atoms in total. The SMILES string of the molecule is CNCC(=O)Nc1cccc(Br)c1C. The second-order valence-electron chi connectivity index (χ2n) is 2.99. The van der Waals surface area contributed by atoms with Gasteiger partial charge in [-0.3, -0.25) is 4.79 Å². The van der Waals surface area contributed by atoms with Crippen LogP contribution in [-0.2, 0) is 4.79 Å². The van der Waals surface area contributed by atoms with Gasteiger partial charge in [0, 0.05) is 10.2 Å². The summed E-state index contributed by atoms with van der Waals surface area (Å²) in [7, 11) is 1.74. The minimum Gasteiger partial charge on any atom is -0.325 e. The van der Waals surface area contributed by atoms with Gasteiger partial charge < -0.3 is 10.6 Å². The lowest BCUT2D eigenvalue weighted by atomic mass is 10.2. The summed E-state index contributed by atoms with van der Waals surface area (Å²) in [5.74, 6) is -0.0336. The Hall–Kier alpha value is -0.870. The summed E-state index contributed by atoms with van der Waals surface area (Å²) < 4.78 is 1.000. The van der Waals surface area contributed by atoms with Gasteiger partial charge in [-0.05, 0) is 31.7 Å². The predicted octanol–water partition coefficient (Wildman–Crippen LogP) is 1.92. The molecule has 14 heavy (non-hydrogen) atoms. The van der Waals surface area contributed by atoms with Crippen molar-refractivity contribution in [1.82, 2.24) is 5.32 Å². The molecule has 0 saturated carbocycles. The van der Waals surface area contributed by atoms with Crippen molar-refractivity contribution in [2.75, 3.05) is 18.9 Å². The smallest absolute Gasteiger partial charge is 0.238 e. The number of nitrogens with one attached hydrogen (secondary N) is 2. The van der Waals surface area contributed by atoms with Gasteiger partial charge in [-0.25, -0.2) is 0 Å². The number of rotatable bonds is 3. The quantitative estimate of drug-likeness (QED) is 0.868. The highest BCUT2D eigenvalue weighted by Crippen LogP contribution is 2.23. The zero-order valence-corrected chi connectivity index (χ0v) is 9.81. The molecule has 2 N–H and O–H groups in total. The summed E-state index contributed by atoms with van der Waals surface area (Å²) in [4.78, 5) is 11.3. The molecule has 0 aromatic heterocycles. The summed E-state index contributed by atoms with van der Waals surface area (Å²) in [5, 5.41) is 5.62. The summed E-state index contributed by atoms with van der Waals surface area (Å²) in [5.41, 5.74) is 1.89. The van der Waals surface area contributed by atoms with E-state index >= 15 is 0 Å². The number of halogens is 1. The van der Waals surface area contributed by atoms with Gasteiger partial charge in [-0.1, -0.05) is 22.0 Å². The van der Waals surface area contributed by atoms with Crippen LogP contribution in [0.2, 0.25) is 0 Å². The van der Waals surface area contributed by atoms with E-state index in [-0.39, 0.29) is 5.91 Å². The Kier molecular flexibility index (Phi) is 4.10. The molecule has 4 heteroatoms. The first-order valence-corrected chi connectivity index (χ1v) is 5.14. The van der Waals surface area contributed by atoms with E-state index in [2.05, 4.69) is 26.6 Å². The maximum atomic E-state index is 11.3. The lowest BCUT2D eigenvalue weighted by molar-refractivity contribution is -0.115. The van der Waals surface area contributed by atoms with E-state index in [4.69, 9.17) is 0 Å². The van der Waals surface area contributed by atoms with Crippen molar-refractivity contribution in [3.8, 4) is 0 Å². The fourth-order valence-corrected chi connectivity index (χ4v) is 1.46. The molecule has 0 unspecified atom stereocenters. The lowest BCUT2D eigenvalue weighted by Gasteiger charge is -2.08. The van der Waals surface area contributed by atoms with Crippen LogP contribution in [0.5, 0.6) is 0 Å². The minimum atomic E-state index is -0.0336. The lowest BCUT2D eigenvalue weighted by Crippen LogP contribution is -2.25. The Morgan fingerprint density at radius 3 is 2.86 bits per heavy atom. The second-order valence-corrected chi connectivity index (χ2v) is 3.85. The molecular formula is C10H13BrN2O. The minimum absolute atomic E-state index is 0.0336. The number of hydrogen-bond donors (Lipinski definition) is 2. The molecule has 1 aromatic rings. The topological polar surface area (TPSA) is 41.1 Å². The molecule has 0 radical (unpaired) electrons. The Balaban J connectivity index is 2.76. The molecule has 0 atom stereocenters. The van der Waals surface area contributed by atoms with Crippen molar-refractivity contribution in [3.63, 3.8) is 0 Å². The predicted molar refractivity (Wildman–Crippen MR) is 61.4 cm³/mol. The normalized spacial score (nSPS) is 9.93. The van der Waals surface area contributed by atoms with Crippen LogP contribution in [0.15, 0.2) is 22.7 Å². The largest absolute Gasteiger partial charge is 0.325 e. The van der Waals surface area contributed by atoms with E-state index < -0.39 is 0 Å². The van der Waals surface area contributed by atoms with Crippen LogP contribution in [0, 0.1) is 6.92 Å². The van der Waals surface area contributed by atoms with E-state index in [9.17, 15) is 4.79 Å². The Morgan fingerprint density at radius 2 is 2.21 bits per heavy atom. The van der Waals surface area contributed by atoms with Gasteiger partial charge in [-0.2, -0.15) is 0 Å². The molecule has 1 amide bonds. The third kappa shape index (κ3) is 2.82.